The van der Waals surface area contributed by atoms with Gasteiger partial charge in [0.15, 0.2) is 0 Å². The lowest BCUT2D eigenvalue weighted by Gasteiger charge is -2.32. The van der Waals surface area contributed by atoms with Crippen molar-refractivity contribution in [3.63, 3.8) is 0 Å². The average Bonchev–Trinajstić information content (AvgIpc) is 2.38. The van der Waals surface area contributed by atoms with E-state index in [2.05, 4.69) is 4.72 Å². The predicted octanol–water partition coefficient (Wildman–Crippen LogP) is 1.49. The molecule has 6 heteroatoms. The zero-order valence-corrected chi connectivity index (χ0v) is 13.0. The summed E-state index contributed by atoms with van der Waals surface area (Å²) in [5.41, 5.74) is 0. The Bertz CT molecular complexity index is 340. The molecule has 0 aromatic carbocycles. The summed E-state index contributed by atoms with van der Waals surface area (Å²) in [6.45, 7) is 5.14. The largest absolute Gasteiger partial charge is 0.396 e. The molecular formula is C13H28N2O3S. The first-order chi connectivity index (χ1) is 9.05. The van der Waals surface area contributed by atoms with Crippen molar-refractivity contribution in [3.05, 3.63) is 0 Å². The Balaban J connectivity index is 2.69. The van der Waals surface area contributed by atoms with Crippen LogP contribution in [0.25, 0.3) is 0 Å². The minimum atomic E-state index is -3.42. The van der Waals surface area contributed by atoms with Crippen molar-refractivity contribution in [1.29, 1.82) is 0 Å². The molecule has 2 atom stereocenters. The standard InChI is InChI=1S/C13H28N2O3S/c1-3-9-15(10-4-2)19(17,18)14-13-8-6-5-7-12(13)11-16/h12-14,16H,3-11H2,1-2H3. The first-order valence-corrected chi connectivity index (χ1v) is 8.87. The molecule has 0 saturated heterocycles. The maximum Gasteiger partial charge on any atom is 0.279 e. The third kappa shape index (κ3) is 5.02. The van der Waals surface area contributed by atoms with Crippen molar-refractivity contribution >= 4 is 10.2 Å². The molecule has 0 aliphatic heterocycles. The molecule has 1 fully saturated rings. The lowest BCUT2D eigenvalue weighted by Crippen LogP contribution is -2.50. The second kappa shape index (κ2) is 8.19. The lowest BCUT2D eigenvalue weighted by molar-refractivity contribution is 0.163. The molecule has 1 saturated carbocycles. The van der Waals surface area contributed by atoms with Crippen LogP contribution in [0.5, 0.6) is 0 Å². The van der Waals surface area contributed by atoms with E-state index in [4.69, 9.17) is 0 Å². The molecular weight excluding hydrogens is 264 g/mol. The fourth-order valence-electron chi connectivity index (χ4n) is 2.70. The number of hydrogen-bond acceptors (Lipinski definition) is 3. The number of aliphatic hydroxyl groups excluding tert-OH is 1. The second-order valence-corrected chi connectivity index (χ2v) is 7.06. The maximum atomic E-state index is 12.4. The molecule has 1 aliphatic rings. The number of nitrogens with one attached hydrogen (secondary N) is 1. The third-order valence-electron chi connectivity index (χ3n) is 3.73. The number of hydrogen-bond donors (Lipinski definition) is 2. The Morgan fingerprint density at radius 3 is 2.26 bits per heavy atom. The van der Waals surface area contributed by atoms with E-state index in [1.54, 1.807) is 0 Å². The molecule has 0 aromatic heterocycles. The first kappa shape index (κ1) is 16.9. The highest BCUT2D eigenvalue weighted by Gasteiger charge is 2.30. The van der Waals surface area contributed by atoms with Crippen LogP contribution in [0.2, 0.25) is 0 Å². The van der Waals surface area contributed by atoms with Gasteiger partial charge in [-0.25, -0.2) is 0 Å². The molecule has 2 unspecified atom stereocenters. The van der Waals surface area contributed by atoms with Crippen LogP contribution in [0.15, 0.2) is 0 Å². The number of nitrogens with zero attached hydrogens (tertiary/aromatic N) is 1. The van der Waals surface area contributed by atoms with E-state index in [9.17, 15) is 13.5 Å². The fourth-order valence-corrected chi connectivity index (χ4v) is 4.39. The van der Waals surface area contributed by atoms with E-state index in [1.165, 1.54) is 4.31 Å². The molecule has 0 heterocycles. The van der Waals surface area contributed by atoms with Crippen LogP contribution in [0.1, 0.15) is 52.4 Å². The quantitative estimate of drug-likeness (QED) is 0.712. The molecule has 0 aromatic rings. The third-order valence-corrected chi connectivity index (χ3v) is 5.38. The first-order valence-electron chi connectivity index (χ1n) is 7.43. The van der Waals surface area contributed by atoms with Gasteiger partial charge in [-0.3, -0.25) is 0 Å². The highest BCUT2D eigenvalue weighted by atomic mass is 32.2. The van der Waals surface area contributed by atoms with Crippen LogP contribution in [0.4, 0.5) is 0 Å². The Labute approximate surface area is 117 Å². The fraction of sp³-hybridized carbons (Fsp3) is 1.00. The highest BCUT2D eigenvalue weighted by molar-refractivity contribution is 7.87. The van der Waals surface area contributed by atoms with Gasteiger partial charge in [-0.1, -0.05) is 26.7 Å². The topological polar surface area (TPSA) is 69.6 Å². The van der Waals surface area contributed by atoms with Crippen molar-refractivity contribution < 1.29 is 13.5 Å². The zero-order valence-electron chi connectivity index (χ0n) is 12.1. The van der Waals surface area contributed by atoms with E-state index in [0.29, 0.717) is 13.1 Å². The molecule has 2 N–H and O–H groups in total. The lowest BCUT2D eigenvalue weighted by atomic mass is 9.86. The van der Waals surface area contributed by atoms with Crippen LogP contribution in [-0.2, 0) is 10.2 Å². The summed E-state index contributed by atoms with van der Waals surface area (Å²) in [6, 6.07) is -0.111. The van der Waals surface area contributed by atoms with Gasteiger partial charge in [0.25, 0.3) is 10.2 Å². The molecule has 0 bridgehead atoms. The van der Waals surface area contributed by atoms with Gasteiger partial charge in [-0.05, 0) is 31.6 Å². The Morgan fingerprint density at radius 2 is 1.74 bits per heavy atom. The highest BCUT2D eigenvalue weighted by Crippen LogP contribution is 2.24. The zero-order chi connectivity index (χ0) is 14.3. The van der Waals surface area contributed by atoms with Gasteiger partial charge >= 0.3 is 0 Å². The summed E-state index contributed by atoms with van der Waals surface area (Å²) in [5, 5.41) is 9.36. The summed E-state index contributed by atoms with van der Waals surface area (Å²) >= 11 is 0. The minimum Gasteiger partial charge on any atom is -0.396 e. The van der Waals surface area contributed by atoms with E-state index in [0.717, 1.165) is 38.5 Å². The molecule has 1 aliphatic carbocycles. The van der Waals surface area contributed by atoms with Gasteiger partial charge in [0, 0.05) is 25.7 Å². The normalized spacial score (nSPS) is 24.8. The molecule has 5 nitrogen and oxygen atoms in total. The Morgan fingerprint density at radius 1 is 1.16 bits per heavy atom. The van der Waals surface area contributed by atoms with E-state index in [1.807, 2.05) is 13.8 Å². The van der Waals surface area contributed by atoms with Crippen LogP contribution in [-0.4, -0.2) is 43.6 Å². The number of rotatable bonds is 8. The Hall–Kier alpha value is -0.170. The van der Waals surface area contributed by atoms with Crippen molar-refractivity contribution in [1.82, 2.24) is 9.03 Å². The summed E-state index contributed by atoms with van der Waals surface area (Å²) in [7, 11) is -3.42. The summed E-state index contributed by atoms with van der Waals surface area (Å²) in [5.74, 6) is 0.0635. The average molecular weight is 292 g/mol. The van der Waals surface area contributed by atoms with Gasteiger partial charge in [-0.15, -0.1) is 0 Å². The number of aliphatic hydroxyl groups is 1. The van der Waals surface area contributed by atoms with Gasteiger partial charge < -0.3 is 5.11 Å². The molecule has 0 amide bonds. The summed E-state index contributed by atoms with van der Waals surface area (Å²) in [4.78, 5) is 0. The van der Waals surface area contributed by atoms with Gasteiger partial charge in [0.1, 0.15) is 0 Å². The van der Waals surface area contributed by atoms with Crippen molar-refractivity contribution in [3.8, 4) is 0 Å². The smallest absolute Gasteiger partial charge is 0.279 e. The molecule has 114 valence electrons. The van der Waals surface area contributed by atoms with Crippen LogP contribution in [0, 0.1) is 5.92 Å². The Kier molecular flexibility index (Phi) is 7.28. The van der Waals surface area contributed by atoms with E-state index >= 15 is 0 Å². The summed E-state index contributed by atoms with van der Waals surface area (Å²) < 4.78 is 29.1. The molecule has 0 spiro atoms. The van der Waals surface area contributed by atoms with E-state index in [-0.39, 0.29) is 18.6 Å². The monoisotopic (exact) mass is 292 g/mol. The maximum absolute atomic E-state index is 12.4. The van der Waals surface area contributed by atoms with E-state index < -0.39 is 10.2 Å². The molecule has 0 radical (unpaired) electrons. The van der Waals surface area contributed by atoms with Gasteiger partial charge in [0.05, 0.1) is 0 Å². The van der Waals surface area contributed by atoms with Gasteiger partial charge in [0.2, 0.25) is 0 Å². The minimum absolute atomic E-state index is 0.0635. The van der Waals surface area contributed by atoms with Crippen LogP contribution < -0.4 is 4.72 Å². The van der Waals surface area contributed by atoms with Crippen LogP contribution >= 0.6 is 0 Å². The predicted molar refractivity (Wildman–Crippen MR) is 77.0 cm³/mol. The molecule has 19 heavy (non-hydrogen) atoms. The van der Waals surface area contributed by atoms with Crippen molar-refractivity contribution in [2.24, 2.45) is 5.92 Å². The summed E-state index contributed by atoms with van der Waals surface area (Å²) in [6.07, 6.45) is 5.48. The SMILES string of the molecule is CCCN(CCC)S(=O)(=O)NC1CCCCC1CO. The van der Waals surface area contributed by atoms with Crippen molar-refractivity contribution in [2.45, 2.75) is 58.4 Å². The molecule has 1 rings (SSSR count). The van der Waals surface area contributed by atoms with Gasteiger partial charge in [-0.2, -0.15) is 17.4 Å². The second-order valence-electron chi connectivity index (χ2n) is 5.36. The van der Waals surface area contributed by atoms with Crippen LogP contribution in [0.3, 0.4) is 0 Å². The van der Waals surface area contributed by atoms with Crippen molar-refractivity contribution in [2.75, 3.05) is 19.7 Å².